The minimum absolute atomic E-state index is 0.0410. The van der Waals surface area contributed by atoms with Crippen LogP contribution in [0, 0.1) is 0 Å². The lowest BCUT2D eigenvalue weighted by Gasteiger charge is -2.05. The van der Waals surface area contributed by atoms with Crippen molar-refractivity contribution in [3.8, 4) is 0 Å². The van der Waals surface area contributed by atoms with Gasteiger partial charge in [-0.2, -0.15) is 8.42 Å². The van der Waals surface area contributed by atoms with E-state index in [0.717, 1.165) is 19.3 Å². The summed E-state index contributed by atoms with van der Waals surface area (Å²) >= 11 is 0. The monoisotopic (exact) mass is 588 g/mol. The molecule has 0 aliphatic heterocycles. The molecule has 0 saturated carbocycles. The zero-order valence-electron chi connectivity index (χ0n) is 26.6. The van der Waals surface area contributed by atoms with Crippen molar-refractivity contribution < 1.29 is 21.9 Å². The minimum atomic E-state index is -4.66. The third kappa shape index (κ3) is 35.4. The van der Waals surface area contributed by atoms with E-state index in [9.17, 15) is 13.2 Å². The number of hydrogen-bond donors (Lipinski definition) is 1. The average Bonchev–Trinajstić information content (AvgIpc) is 2.90. The largest absolute Gasteiger partial charge is 0.448 e. The van der Waals surface area contributed by atoms with E-state index < -0.39 is 16.4 Å². The van der Waals surface area contributed by atoms with Crippen molar-refractivity contribution in [2.45, 2.75) is 212 Å². The number of carbonyl (C=O) groups excluding carboxylic acids is 1. The van der Waals surface area contributed by atoms with Crippen molar-refractivity contribution in [1.82, 2.24) is 0 Å². The Hall–Kier alpha value is -0.620. The quantitative estimate of drug-likeness (QED) is 0.0609. The molecule has 0 radical (unpaired) electrons. The van der Waals surface area contributed by atoms with Gasteiger partial charge in [-0.05, 0) is 6.42 Å². The van der Waals surface area contributed by atoms with Crippen LogP contribution in [-0.4, -0.2) is 18.9 Å². The Morgan fingerprint density at radius 1 is 0.425 bits per heavy atom. The van der Waals surface area contributed by atoms with Gasteiger partial charge in [-0.25, -0.2) is 0 Å². The average molecular weight is 589 g/mol. The normalized spacial score (nSPS) is 11.8. The Kier molecular flexibility index (Phi) is 30.8. The molecule has 0 aromatic heterocycles. The van der Waals surface area contributed by atoms with Gasteiger partial charge in [0, 0.05) is 6.42 Å². The Morgan fingerprint density at radius 3 is 0.825 bits per heavy atom. The SMILES string of the molecule is CCCCCCCCCCCCCCCCCCCCCCCCCCCCCCCCCC(=O)OS(=O)(=O)O. The molecule has 0 spiro atoms. The Balaban J connectivity index is 3.10. The Labute approximate surface area is 250 Å². The summed E-state index contributed by atoms with van der Waals surface area (Å²) in [5, 5.41) is 0. The Morgan fingerprint density at radius 2 is 0.625 bits per heavy atom. The van der Waals surface area contributed by atoms with Crippen molar-refractivity contribution in [1.29, 1.82) is 0 Å². The lowest BCUT2D eigenvalue weighted by molar-refractivity contribution is -0.134. The highest BCUT2D eigenvalue weighted by Gasteiger charge is 2.12. The molecule has 0 fully saturated rings. The number of carbonyl (C=O) groups is 1. The van der Waals surface area contributed by atoms with Crippen molar-refractivity contribution in [2.24, 2.45) is 0 Å². The predicted molar refractivity (Wildman–Crippen MR) is 171 cm³/mol. The molecule has 0 aliphatic rings. The molecule has 1 N–H and O–H groups in total. The van der Waals surface area contributed by atoms with Gasteiger partial charge in [0.15, 0.2) is 0 Å². The summed E-state index contributed by atoms with van der Waals surface area (Å²) in [7, 11) is -4.66. The van der Waals surface area contributed by atoms with Crippen LogP contribution in [0.25, 0.3) is 0 Å². The summed E-state index contributed by atoms with van der Waals surface area (Å²) in [5.41, 5.74) is 0. The molecule has 0 heterocycles. The molecule has 0 atom stereocenters. The van der Waals surface area contributed by atoms with Gasteiger partial charge >= 0.3 is 16.4 Å². The topological polar surface area (TPSA) is 80.7 Å². The highest BCUT2D eigenvalue weighted by molar-refractivity contribution is 7.81. The molecule has 0 aromatic rings. The van der Waals surface area contributed by atoms with E-state index in [1.807, 2.05) is 0 Å². The molecule has 0 saturated heterocycles. The number of rotatable bonds is 33. The van der Waals surface area contributed by atoms with Gasteiger partial charge in [-0.1, -0.05) is 200 Å². The zero-order valence-corrected chi connectivity index (χ0v) is 27.4. The highest BCUT2D eigenvalue weighted by Crippen LogP contribution is 2.17. The molecule has 0 aromatic carbocycles. The summed E-state index contributed by atoms with van der Waals surface area (Å²) < 4.78 is 33.2. The smallest absolute Gasteiger partial charge is 0.325 e. The van der Waals surface area contributed by atoms with Crippen molar-refractivity contribution >= 4 is 16.4 Å². The first-order valence-corrected chi connectivity index (χ1v) is 19.0. The molecular weight excluding hydrogens is 520 g/mol. The standard InChI is InChI=1S/C34H68O5S/c1-2-3-4-5-6-7-8-9-10-11-12-13-14-15-16-17-18-19-20-21-22-23-24-25-26-27-28-29-30-31-32-33-34(35)39-40(36,37)38/h2-33H2,1H3,(H,36,37,38). The first-order chi connectivity index (χ1) is 19.5. The van der Waals surface area contributed by atoms with Gasteiger partial charge in [-0.3, -0.25) is 9.35 Å². The second-order valence-electron chi connectivity index (χ2n) is 12.2. The van der Waals surface area contributed by atoms with Gasteiger partial charge in [0.05, 0.1) is 0 Å². The minimum Gasteiger partial charge on any atom is -0.325 e. The number of unbranched alkanes of at least 4 members (excludes halogenated alkanes) is 30. The van der Waals surface area contributed by atoms with Crippen molar-refractivity contribution in [3.05, 3.63) is 0 Å². The van der Waals surface area contributed by atoms with Crippen molar-refractivity contribution in [2.75, 3.05) is 0 Å². The van der Waals surface area contributed by atoms with Crippen LogP contribution in [0.5, 0.6) is 0 Å². The van der Waals surface area contributed by atoms with E-state index in [1.54, 1.807) is 0 Å². The first kappa shape index (κ1) is 39.4. The first-order valence-electron chi connectivity index (χ1n) is 17.7. The highest BCUT2D eigenvalue weighted by atomic mass is 32.3. The summed E-state index contributed by atoms with van der Waals surface area (Å²) in [6, 6.07) is 0. The fraction of sp³-hybridized carbons (Fsp3) is 0.971. The molecule has 0 rings (SSSR count). The van der Waals surface area contributed by atoms with Gasteiger partial charge in [0.2, 0.25) is 0 Å². The molecule has 0 bridgehead atoms. The van der Waals surface area contributed by atoms with E-state index >= 15 is 0 Å². The van der Waals surface area contributed by atoms with Crippen LogP contribution < -0.4 is 0 Å². The summed E-state index contributed by atoms with van der Waals surface area (Å²) in [4.78, 5) is 11.2. The number of hydrogen-bond acceptors (Lipinski definition) is 4. The maximum atomic E-state index is 11.2. The summed E-state index contributed by atoms with van der Waals surface area (Å²) in [6.07, 6.45) is 42.0. The summed E-state index contributed by atoms with van der Waals surface area (Å²) in [6.45, 7) is 2.29. The molecular formula is C34H68O5S. The fourth-order valence-electron chi connectivity index (χ4n) is 5.63. The molecule has 240 valence electrons. The van der Waals surface area contributed by atoms with E-state index in [-0.39, 0.29) is 6.42 Å². The van der Waals surface area contributed by atoms with E-state index in [4.69, 9.17) is 4.55 Å². The fourth-order valence-corrected chi connectivity index (χ4v) is 5.95. The maximum Gasteiger partial charge on any atom is 0.448 e. The van der Waals surface area contributed by atoms with E-state index in [0.29, 0.717) is 6.42 Å². The molecule has 5 nitrogen and oxygen atoms in total. The second-order valence-corrected chi connectivity index (χ2v) is 13.3. The van der Waals surface area contributed by atoms with Gasteiger partial charge in [0.1, 0.15) is 0 Å². The van der Waals surface area contributed by atoms with Crippen LogP contribution in [0.1, 0.15) is 212 Å². The molecule has 0 amide bonds. The lowest BCUT2D eigenvalue weighted by atomic mass is 10.0. The molecule has 0 unspecified atom stereocenters. The van der Waals surface area contributed by atoms with Gasteiger partial charge < -0.3 is 4.18 Å². The zero-order chi connectivity index (χ0) is 29.4. The molecule has 6 heteroatoms. The van der Waals surface area contributed by atoms with Crippen LogP contribution in [-0.2, 0) is 19.4 Å². The van der Waals surface area contributed by atoms with E-state index in [1.165, 1.54) is 173 Å². The van der Waals surface area contributed by atoms with Crippen LogP contribution in [0.4, 0.5) is 0 Å². The van der Waals surface area contributed by atoms with Gasteiger partial charge in [0.25, 0.3) is 0 Å². The van der Waals surface area contributed by atoms with E-state index in [2.05, 4.69) is 11.1 Å². The van der Waals surface area contributed by atoms with Gasteiger partial charge in [-0.15, -0.1) is 0 Å². The van der Waals surface area contributed by atoms with Crippen LogP contribution in [0.2, 0.25) is 0 Å². The lowest BCUT2D eigenvalue weighted by Crippen LogP contribution is -2.11. The van der Waals surface area contributed by atoms with Crippen LogP contribution in [0.3, 0.4) is 0 Å². The third-order valence-corrected chi connectivity index (χ3v) is 8.58. The molecule has 0 aliphatic carbocycles. The predicted octanol–water partition coefficient (Wildman–Crippen LogP) is 11.8. The second kappa shape index (κ2) is 31.3. The Bertz CT molecular complexity index is 620. The van der Waals surface area contributed by atoms with Crippen molar-refractivity contribution in [3.63, 3.8) is 0 Å². The summed E-state index contributed by atoms with van der Waals surface area (Å²) in [5.74, 6) is -0.877. The maximum absolute atomic E-state index is 11.2. The van der Waals surface area contributed by atoms with Crippen LogP contribution >= 0.6 is 0 Å². The molecule has 40 heavy (non-hydrogen) atoms. The van der Waals surface area contributed by atoms with Crippen LogP contribution in [0.15, 0.2) is 0 Å². The third-order valence-electron chi connectivity index (χ3n) is 8.18.